The first kappa shape index (κ1) is 10.5. The third-order valence-electron chi connectivity index (χ3n) is 2.85. The van der Waals surface area contributed by atoms with Gasteiger partial charge in [-0.2, -0.15) is 0 Å². The molecule has 0 aliphatic carbocycles. The van der Waals surface area contributed by atoms with Crippen LogP contribution >= 0.6 is 15.9 Å². The highest BCUT2D eigenvalue weighted by atomic mass is 79.9. The third kappa shape index (κ3) is 1.67. The number of benzene rings is 1. The van der Waals surface area contributed by atoms with E-state index in [1.54, 1.807) is 0 Å². The fraction of sp³-hybridized carbons (Fsp3) is 0.0714. The number of imidazole rings is 1. The Hall–Kier alpha value is -1.61. The van der Waals surface area contributed by atoms with Crippen molar-refractivity contribution in [1.29, 1.82) is 0 Å². The van der Waals surface area contributed by atoms with E-state index < -0.39 is 0 Å². The molecule has 17 heavy (non-hydrogen) atoms. The lowest BCUT2D eigenvalue weighted by Crippen LogP contribution is -1.89. The van der Waals surface area contributed by atoms with Gasteiger partial charge in [0.25, 0.3) is 0 Å². The molecule has 0 N–H and O–H groups in total. The number of hydrogen-bond donors (Lipinski definition) is 0. The van der Waals surface area contributed by atoms with Gasteiger partial charge in [0, 0.05) is 11.8 Å². The molecular formula is C14H11BrN2. The molecule has 1 aromatic carbocycles. The molecule has 3 heteroatoms. The van der Waals surface area contributed by atoms with Gasteiger partial charge in [0.1, 0.15) is 10.3 Å². The Morgan fingerprint density at radius 2 is 1.82 bits per heavy atom. The molecule has 0 unspecified atom stereocenters. The number of aryl methyl sites for hydroxylation is 1. The van der Waals surface area contributed by atoms with Gasteiger partial charge in [0.05, 0.1) is 5.69 Å². The van der Waals surface area contributed by atoms with Gasteiger partial charge < -0.3 is 0 Å². The lowest BCUT2D eigenvalue weighted by Gasteiger charge is -2.03. The minimum Gasteiger partial charge on any atom is -0.298 e. The van der Waals surface area contributed by atoms with Crippen LogP contribution in [0, 0.1) is 6.92 Å². The lowest BCUT2D eigenvalue weighted by molar-refractivity contribution is 1.17. The van der Waals surface area contributed by atoms with Crippen LogP contribution in [0.4, 0.5) is 0 Å². The van der Waals surface area contributed by atoms with Crippen LogP contribution in [0.3, 0.4) is 0 Å². The second kappa shape index (κ2) is 4.00. The van der Waals surface area contributed by atoms with Gasteiger partial charge >= 0.3 is 0 Å². The van der Waals surface area contributed by atoms with Crippen molar-refractivity contribution in [1.82, 2.24) is 9.38 Å². The second-order valence-electron chi connectivity index (χ2n) is 4.00. The third-order valence-corrected chi connectivity index (χ3v) is 3.40. The topological polar surface area (TPSA) is 17.3 Å². The Bertz CT molecular complexity index is 671. The predicted molar refractivity (Wildman–Crippen MR) is 73.1 cm³/mol. The maximum atomic E-state index is 4.57. The Morgan fingerprint density at radius 1 is 1.06 bits per heavy atom. The number of rotatable bonds is 1. The Balaban J connectivity index is 2.37. The summed E-state index contributed by atoms with van der Waals surface area (Å²) < 4.78 is 3.01. The van der Waals surface area contributed by atoms with E-state index in [0.717, 1.165) is 21.5 Å². The largest absolute Gasteiger partial charge is 0.298 e. The van der Waals surface area contributed by atoms with Crippen molar-refractivity contribution < 1.29 is 0 Å². The van der Waals surface area contributed by atoms with Crippen LogP contribution in [0.2, 0.25) is 0 Å². The quantitative estimate of drug-likeness (QED) is 0.659. The summed E-state index contributed by atoms with van der Waals surface area (Å²) in [6.45, 7) is 2.07. The van der Waals surface area contributed by atoms with E-state index in [1.807, 2.05) is 30.5 Å². The molecule has 0 saturated heterocycles. The summed E-state index contributed by atoms with van der Waals surface area (Å²) in [5, 5.41) is 0. The first-order valence-corrected chi connectivity index (χ1v) is 6.25. The van der Waals surface area contributed by atoms with E-state index in [2.05, 4.69) is 50.4 Å². The van der Waals surface area contributed by atoms with Crippen LogP contribution in [0.5, 0.6) is 0 Å². The van der Waals surface area contributed by atoms with Gasteiger partial charge in [-0.1, -0.05) is 36.4 Å². The van der Waals surface area contributed by atoms with Crippen LogP contribution in [0.15, 0.2) is 53.3 Å². The zero-order valence-electron chi connectivity index (χ0n) is 9.39. The molecule has 0 spiro atoms. The maximum Gasteiger partial charge on any atom is 0.141 e. The fourth-order valence-electron chi connectivity index (χ4n) is 2.03. The van der Waals surface area contributed by atoms with E-state index in [9.17, 15) is 0 Å². The molecule has 3 rings (SSSR count). The summed E-state index contributed by atoms with van der Waals surface area (Å²) in [5.41, 5.74) is 4.44. The normalized spacial score (nSPS) is 10.9. The standard InChI is InChI=1S/C14H11BrN2/c1-10-6-5-9-17-12(13(15)16-14(10)17)11-7-3-2-4-8-11/h2-9H,1H3. The van der Waals surface area contributed by atoms with Crippen molar-refractivity contribution in [3.05, 3.63) is 58.8 Å². The van der Waals surface area contributed by atoms with Crippen molar-refractivity contribution in [2.75, 3.05) is 0 Å². The summed E-state index contributed by atoms with van der Waals surface area (Å²) in [7, 11) is 0. The van der Waals surface area contributed by atoms with Crippen molar-refractivity contribution in [3.8, 4) is 11.3 Å². The summed E-state index contributed by atoms with van der Waals surface area (Å²) in [6, 6.07) is 14.4. The van der Waals surface area contributed by atoms with Gasteiger partial charge in [0.15, 0.2) is 0 Å². The number of hydrogen-bond acceptors (Lipinski definition) is 1. The highest BCUT2D eigenvalue weighted by Gasteiger charge is 2.12. The molecule has 0 aliphatic heterocycles. The molecule has 0 radical (unpaired) electrons. The lowest BCUT2D eigenvalue weighted by atomic mass is 10.2. The first-order valence-electron chi connectivity index (χ1n) is 5.46. The van der Waals surface area contributed by atoms with Crippen LogP contribution in [-0.4, -0.2) is 9.38 Å². The number of halogens is 1. The molecular weight excluding hydrogens is 276 g/mol. The molecule has 84 valence electrons. The fourth-order valence-corrected chi connectivity index (χ4v) is 2.62. The SMILES string of the molecule is Cc1cccn2c(-c3ccccc3)c(Br)nc12. The van der Waals surface area contributed by atoms with Gasteiger partial charge in [0.2, 0.25) is 0 Å². The number of aromatic nitrogens is 2. The molecule has 0 bridgehead atoms. The molecule has 0 amide bonds. The van der Waals surface area contributed by atoms with Gasteiger partial charge in [-0.3, -0.25) is 4.40 Å². The zero-order chi connectivity index (χ0) is 11.8. The molecule has 0 aliphatic rings. The van der Waals surface area contributed by atoms with E-state index in [4.69, 9.17) is 0 Å². The van der Waals surface area contributed by atoms with Gasteiger partial charge in [-0.25, -0.2) is 4.98 Å². The predicted octanol–water partition coefficient (Wildman–Crippen LogP) is 4.07. The Labute approximate surface area is 108 Å². The highest BCUT2D eigenvalue weighted by molar-refractivity contribution is 9.10. The smallest absolute Gasteiger partial charge is 0.141 e. The monoisotopic (exact) mass is 286 g/mol. The molecule has 2 aromatic heterocycles. The summed E-state index contributed by atoms with van der Waals surface area (Å²) in [5.74, 6) is 0. The van der Waals surface area contributed by atoms with Crippen molar-refractivity contribution in [2.24, 2.45) is 0 Å². The van der Waals surface area contributed by atoms with E-state index >= 15 is 0 Å². The van der Waals surface area contributed by atoms with Crippen LogP contribution < -0.4 is 0 Å². The molecule has 0 atom stereocenters. The Morgan fingerprint density at radius 3 is 2.59 bits per heavy atom. The number of pyridine rings is 1. The van der Waals surface area contributed by atoms with Crippen molar-refractivity contribution in [2.45, 2.75) is 6.92 Å². The zero-order valence-corrected chi connectivity index (χ0v) is 11.0. The van der Waals surface area contributed by atoms with E-state index in [1.165, 1.54) is 5.56 Å². The first-order chi connectivity index (χ1) is 8.27. The molecule has 0 saturated carbocycles. The number of nitrogens with zero attached hydrogens (tertiary/aromatic N) is 2. The minimum atomic E-state index is 0.887. The molecule has 2 nitrogen and oxygen atoms in total. The van der Waals surface area contributed by atoms with E-state index in [0.29, 0.717) is 0 Å². The average Bonchev–Trinajstić information content (AvgIpc) is 2.68. The van der Waals surface area contributed by atoms with Crippen molar-refractivity contribution in [3.63, 3.8) is 0 Å². The average molecular weight is 287 g/mol. The Kier molecular flexibility index (Phi) is 2.48. The summed E-state index contributed by atoms with van der Waals surface area (Å²) >= 11 is 3.55. The van der Waals surface area contributed by atoms with E-state index in [-0.39, 0.29) is 0 Å². The van der Waals surface area contributed by atoms with Crippen LogP contribution in [0.1, 0.15) is 5.56 Å². The van der Waals surface area contributed by atoms with Crippen LogP contribution in [-0.2, 0) is 0 Å². The summed E-state index contributed by atoms with van der Waals surface area (Å²) in [6.07, 6.45) is 2.04. The molecule has 0 fully saturated rings. The second-order valence-corrected chi connectivity index (χ2v) is 4.75. The van der Waals surface area contributed by atoms with Crippen molar-refractivity contribution >= 4 is 21.6 Å². The van der Waals surface area contributed by atoms with Gasteiger partial charge in [-0.05, 0) is 34.5 Å². The van der Waals surface area contributed by atoms with Crippen LogP contribution in [0.25, 0.3) is 16.9 Å². The highest BCUT2D eigenvalue weighted by Crippen LogP contribution is 2.29. The summed E-state index contributed by atoms with van der Waals surface area (Å²) in [4.78, 5) is 4.57. The molecule has 3 aromatic rings. The maximum absolute atomic E-state index is 4.57. The molecule has 2 heterocycles. The minimum absolute atomic E-state index is 0.887. The number of fused-ring (bicyclic) bond motifs is 1. The van der Waals surface area contributed by atoms with Gasteiger partial charge in [-0.15, -0.1) is 0 Å².